The second-order valence-electron chi connectivity index (χ2n) is 20.6. The van der Waals surface area contributed by atoms with Gasteiger partial charge in [0.15, 0.2) is 6.10 Å². The summed E-state index contributed by atoms with van der Waals surface area (Å²) in [5.41, 5.74) is 0. The highest BCUT2D eigenvalue weighted by molar-refractivity contribution is 5.71. The van der Waals surface area contributed by atoms with Crippen LogP contribution in [0.3, 0.4) is 0 Å². The lowest BCUT2D eigenvalue weighted by atomic mass is 10.1. The van der Waals surface area contributed by atoms with E-state index >= 15 is 0 Å². The number of unbranched alkanes of at least 4 members (excludes halogenated alkanes) is 27. The zero-order valence-electron chi connectivity index (χ0n) is 49.0. The molecule has 0 aromatic carbocycles. The van der Waals surface area contributed by atoms with Gasteiger partial charge in [-0.3, -0.25) is 14.4 Å². The lowest BCUT2D eigenvalue weighted by molar-refractivity contribution is -0.167. The highest BCUT2D eigenvalue weighted by Gasteiger charge is 2.19. The molecule has 1 unspecified atom stereocenters. The van der Waals surface area contributed by atoms with Crippen LogP contribution >= 0.6 is 0 Å². The van der Waals surface area contributed by atoms with Crippen LogP contribution in [-0.4, -0.2) is 37.2 Å². The van der Waals surface area contributed by atoms with Crippen LogP contribution < -0.4 is 0 Å². The van der Waals surface area contributed by atoms with Gasteiger partial charge in [-0.15, -0.1) is 0 Å². The molecule has 75 heavy (non-hydrogen) atoms. The number of carbonyl (C=O) groups excluding carboxylic acids is 3. The predicted molar refractivity (Wildman–Crippen MR) is 325 cm³/mol. The Morgan fingerprint density at radius 2 is 0.533 bits per heavy atom. The molecule has 428 valence electrons. The minimum absolute atomic E-state index is 0.0901. The number of ether oxygens (including phenoxy) is 3. The number of carbonyl (C=O) groups is 3. The Hall–Kier alpha value is -3.93. The zero-order chi connectivity index (χ0) is 54.3. The number of hydrogen-bond donors (Lipinski definition) is 0. The maximum atomic E-state index is 12.9. The van der Waals surface area contributed by atoms with E-state index in [2.05, 4.69) is 130 Å². The summed E-state index contributed by atoms with van der Waals surface area (Å²) in [6.07, 6.45) is 85.2. The highest BCUT2D eigenvalue weighted by Crippen LogP contribution is 2.15. The third-order valence-corrected chi connectivity index (χ3v) is 13.2. The largest absolute Gasteiger partial charge is 0.462 e. The second kappa shape index (κ2) is 62.6. The molecule has 0 aromatic rings. The summed E-state index contributed by atoms with van der Waals surface area (Å²) < 4.78 is 16.9. The molecule has 0 heterocycles. The Balaban J connectivity index is 4.34. The molecule has 1 atom stereocenters. The van der Waals surface area contributed by atoms with Crippen molar-refractivity contribution in [1.82, 2.24) is 0 Å². The number of allylic oxidation sites excluding steroid dienone is 18. The lowest BCUT2D eigenvalue weighted by Gasteiger charge is -2.18. The molecule has 6 nitrogen and oxygen atoms in total. The predicted octanol–water partition coefficient (Wildman–Crippen LogP) is 21.4. The van der Waals surface area contributed by atoms with Gasteiger partial charge in [0.25, 0.3) is 0 Å². The van der Waals surface area contributed by atoms with Crippen molar-refractivity contribution in [3.63, 3.8) is 0 Å². The monoisotopic (exact) mass is 1040 g/mol. The van der Waals surface area contributed by atoms with Gasteiger partial charge in [-0.05, 0) is 122 Å². The highest BCUT2D eigenvalue weighted by atomic mass is 16.6. The third kappa shape index (κ3) is 60.8. The minimum atomic E-state index is -0.793. The lowest BCUT2D eigenvalue weighted by Crippen LogP contribution is -2.30. The molecule has 0 aromatic heterocycles. The fourth-order valence-electron chi connectivity index (χ4n) is 8.52. The standard InChI is InChI=1S/C69H116O6/c1-4-7-10-13-16-19-22-24-26-28-30-32-33-34-35-37-38-40-42-44-47-50-53-56-59-62-68(71)74-65-66(64-73-67(70)61-58-55-52-49-46-21-18-15-12-9-6-3)75-69(72)63-60-57-54-51-48-45-43-41-39-36-31-29-27-25-23-20-17-14-11-8-5-2/h7,10,15-16,18-19,23-26,29-32,34-35,39,41,66H,4-6,8-9,11-14,17,20-22,27-28,33,36-38,40,42-65H2,1-3H3/b10-7-,18-15-,19-16-,25-23-,26-24-,31-29-,32-30-,35-34-,41-39-. The van der Waals surface area contributed by atoms with E-state index in [1.165, 1.54) is 122 Å². The Labute approximate surface area is 463 Å². The first-order chi connectivity index (χ1) is 37.0. The first kappa shape index (κ1) is 71.1. The van der Waals surface area contributed by atoms with Crippen LogP contribution in [0.25, 0.3) is 0 Å². The van der Waals surface area contributed by atoms with Crippen LogP contribution in [0.4, 0.5) is 0 Å². The van der Waals surface area contributed by atoms with Crippen molar-refractivity contribution in [1.29, 1.82) is 0 Å². The minimum Gasteiger partial charge on any atom is -0.462 e. The zero-order valence-corrected chi connectivity index (χ0v) is 49.0. The van der Waals surface area contributed by atoms with Crippen molar-refractivity contribution in [3.8, 4) is 0 Å². The molecule has 0 saturated heterocycles. The van der Waals surface area contributed by atoms with Crippen molar-refractivity contribution in [2.75, 3.05) is 13.2 Å². The summed E-state index contributed by atoms with van der Waals surface area (Å²) in [7, 11) is 0. The summed E-state index contributed by atoms with van der Waals surface area (Å²) in [5.74, 6) is -0.914. The number of esters is 3. The van der Waals surface area contributed by atoms with Gasteiger partial charge in [0.05, 0.1) is 0 Å². The van der Waals surface area contributed by atoms with Crippen LogP contribution in [0.1, 0.15) is 290 Å². The fourth-order valence-corrected chi connectivity index (χ4v) is 8.52. The average molecular weight is 1040 g/mol. The van der Waals surface area contributed by atoms with E-state index in [1.807, 2.05) is 0 Å². The summed E-state index contributed by atoms with van der Waals surface area (Å²) in [6.45, 7) is 6.47. The molecule has 0 rings (SSSR count). The van der Waals surface area contributed by atoms with Gasteiger partial charge >= 0.3 is 17.9 Å². The molecule has 0 aliphatic carbocycles. The van der Waals surface area contributed by atoms with E-state index in [0.29, 0.717) is 19.3 Å². The smallest absolute Gasteiger partial charge is 0.306 e. The first-order valence-electron chi connectivity index (χ1n) is 31.4. The Morgan fingerprint density at radius 3 is 0.867 bits per heavy atom. The number of rotatable bonds is 56. The Kier molecular flexibility index (Phi) is 59.3. The van der Waals surface area contributed by atoms with E-state index < -0.39 is 6.10 Å². The van der Waals surface area contributed by atoms with Crippen LogP contribution in [-0.2, 0) is 28.6 Å². The van der Waals surface area contributed by atoms with Gasteiger partial charge in [0.1, 0.15) is 13.2 Å². The molecule has 0 bridgehead atoms. The van der Waals surface area contributed by atoms with Crippen molar-refractivity contribution in [2.24, 2.45) is 0 Å². The fraction of sp³-hybridized carbons (Fsp3) is 0.696. The van der Waals surface area contributed by atoms with E-state index in [1.54, 1.807) is 0 Å². The summed E-state index contributed by atoms with van der Waals surface area (Å²) in [6, 6.07) is 0. The molecular formula is C69H116O6. The van der Waals surface area contributed by atoms with Crippen molar-refractivity contribution in [2.45, 2.75) is 297 Å². The van der Waals surface area contributed by atoms with Gasteiger partial charge in [0.2, 0.25) is 0 Å². The summed E-state index contributed by atoms with van der Waals surface area (Å²) in [5, 5.41) is 0. The van der Waals surface area contributed by atoms with Crippen LogP contribution in [0.2, 0.25) is 0 Å². The molecule has 0 saturated carbocycles. The Bertz CT molecular complexity index is 1520. The summed E-state index contributed by atoms with van der Waals surface area (Å²) in [4.78, 5) is 38.2. The van der Waals surface area contributed by atoms with E-state index in [0.717, 1.165) is 128 Å². The summed E-state index contributed by atoms with van der Waals surface area (Å²) >= 11 is 0. The molecule has 0 spiro atoms. The maximum Gasteiger partial charge on any atom is 0.306 e. The normalized spacial score (nSPS) is 12.8. The third-order valence-electron chi connectivity index (χ3n) is 13.2. The van der Waals surface area contributed by atoms with Gasteiger partial charge in [0, 0.05) is 19.3 Å². The molecule has 0 N–H and O–H groups in total. The first-order valence-corrected chi connectivity index (χ1v) is 31.4. The topological polar surface area (TPSA) is 78.9 Å². The van der Waals surface area contributed by atoms with E-state index in [4.69, 9.17) is 14.2 Å². The van der Waals surface area contributed by atoms with Crippen molar-refractivity contribution >= 4 is 17.9 Å². The van der Waals surface area contributed by atoms with Crippen LogP contribution in [0.15, 0.2) is 109 Å². The van der Waals surface area contributed by atoms with Gasteiger partial charge in [-0.25, -0.2) is 0 Å². The SMILES string of the molecule is CC/C=C\C/C=C\C/C=C\C/C=C\C/C=C\CCCCCCCCCCCC(=O)OCC(COC(=O)CCCCCCC/C=C\CCCC)OC(=O)CCCCCCCC/C=C\C/C=C\C/C=C\CCCCCCC. The quantitative estimate of drug-likeness (QED) is 0.0261. The average Bonchev–Trinajstić information content (AvgIpc) is 3.41. The molecular weight excluding hydrogens is 925 g/mol. The molecule has 6 heteroatoms. The maximum absolute atomic E-state index is 12.9. The van der Waals surface area contributed by atoms with Gasteiger partial charge in [-0.2, -0.15) is 0 Å². The number of hydrogen-bond acceptors (Lipinski definition) is 6. The molecule has 0 radical (unpaired) electrons. The molecule has 0 amide bonds. The van der Waals surface area contributed by atoms with Crippen LogP contribution in [0, 0.1) is 0 Å². The van der Waals surface area contributed by atoms with E-state index in [9.17, 15) is 14.4 Å². The molecule has 0 aliphatic rings. The van der Waals surface area contributed by atoms with Crippen molar-refractivity contribution in [3.05, 3.63) is 109 Å². The van der Waals surface area contributed by atoms with Crippen molar-refractivity contribution < 1.29 is 28.6 Å². The van der Waals surface area contributed by atoms with Gasteiger partial charge < -0.3 is 14.2 Å². The molecule has 0 aliphatic heterocycles. The Morgan fingerprint density at radius 1 is 0.280 bits per heavy atom. The van der Waals surface area contributed by atoms with E-state index in [-0.39, 0.29) is 31.1 Å². The van der Waals surface area contributed by atoms with Crippen LogP contribution in [0.5, 0.6) is 0 Å². The second-order valence-corrected chi connectivity index (χ2v) is 20.6. The molecule has 0 fully saturated rings. The van der Waals surface area contributed by atoms with Gasteiger partial charge in [-0.1, -0.05) is 259 Å².